The van der Waals surface area contributed by atoms with E-state index in [1.165, 1.54) is 12.1 Å². The van der Waals surface area contributed by atoms with Gasteiger partial charge in [-0.25, -0.2) is 0 Å². The molecule has 0 unspecified atom stereocenters. The number of para-hydroxylation sites is 2. The first-order chi connectivity index (χ1) is 58.2. The van der Waals surface area contributed by atoms with Gasteiger partial charge in [-0.3, -0.25) is 0 Å². The van der Waals surface area contributed by atoms with Gasteiger partial charge < -0.3 is 28.6 Å². The summed E-state index contributed by atoms with van der Waals surface area (Å²) in [6.45, 7) is 23.8. The van der Waals surface area contributed by atoms with E-state index < -0.39 is 105 Å². The molecule has 6 bridgehead atoms. The Balaban J connectivity index is 1.14. The van der Waals surface area contributed by atoms with Crippen LogP contribution in [-0.4, -0.2) is 0 Å². The minimum Gasteiger partial charge on any atom is -0.457 e. The summed E-state index contributed by atoms with van der Waals surface area (Å²) in [5.41, 5.74) is 3.01. The minimum atomic E-state index is -0.918. The molecule has 0 aliphatic carbocycles. The lowest BCUT2D eigenvalue weighted by atomic mass is 9.81. The van der Waals surface area contributed by atoms with Crippen molar-refractivity contribution in [2.24, 2.45) is 0 Å². The Morgan fingerprint density at radius 1 is 0.330 bits per heavy atom. The molecule has 6 heteroatoms. The van der Waals surface area contributed by atoms with Crippen LogP contribution in [0, 0.1) is 0 Å². The summed E-state index contributed by atoms with van der Waals surface area (Å²) in [5.74, 6) is -0.285. The van der Waals surface area contributed by atoms with Crippen LogP contribution in [-0.2, 0) is 21.7 Å². The Kier molecular flexibility index (Phi) is 13.1. The molecular weight excluding hydrogens is 1290 g/mol. The fourth-order valence-electron chi connectivity index (χ4n) is 13.9. The van der Waals surface area contributed by atoms with E-state index in [9.17, 15) is 19.2 Å². The maximum atomic E-state index is 11.8. The van der Waals surface area contributed by atoms with Crippen molar-refractivity contribution in [2.45, 2.75) is 105 Å². The molecule has 15 aromatic rings. The zero-order chi connectivity index (χ0) is 88.0. The molecule has 0 atom stereocenters. The van der Waals surface area contributed by atoms with Crippen LogP contribution in [0.25, 0.3) is 77.6 Å². The van der Waals surface area contributed by atoms with E-state index in [0.29, 0.717) is 83.4 Å². The van der Waals surface area contributed by atoms with E-state index in [0.717, 1.165) is 5.56 Å². The summed E-state index contributed by atoms with van der Waals surface area (Å²) in [6, 6.07) is 56.9. The number of hydrogen-bond acceptors (Lipinski definition) is 6. The zero-order valence-corrected chi connectivity index (χ0v) is 61.4. The van der Waals surface area contributed by atoms with E-state index in [1.54, 1.807) is 87.5 Å². The second kappa shape index (κ2) is 27.2. The van der Waals surface area contributed by atoms with Gasteiger partial charge in [0.2, 0.25) is 0 Å². The van der Waals surface area contributed by atoms with Crippen LogP contribution < -0.4 is 24.2 Å². The molecule has 106 heavy (non-hydrogen) atoms. The Hall–Kier alpha value is -12.1. The minimum absolute atomic E-state index is 0.0351. The Labute approximate surface area is 648 Å². The molecular formula is C100H89N3O3. The van der Waals surface area contributed by atoms with Crippen LogP contribution in [0.3, 0.4) is 0 Å². The van der Waals surface area contributed by atoms with Gasteiger partial charge in [-0.2, -0.15) is 0 Å². The molecule has 2 heterocycles. The summed E-state index contributed by atoms with van der Waals surface area (Å²) >= 11 is 0. The highest BCUT2D eigenvalue weighted by molar-refractivity contribution is 6.14. The number of nitrogens with zero attached hydrogens (tertiary/aromatic N) is 3. The number of fused-ring (bicyclic) bond motifs is 9. The number of furan rings is 1. The summed E-state index contributed by atoms with van der Waals surface area (Å²) < 4.78 is 193. The SMILES string of the molecule is [2H]c1cc2cc(c1C(C)(C)C)Oc1cc(c([2H])c([2H])c1C(C)(C)C)Oc1cc(c([2H])c(N(c3cc(N(c4c(-c5ccccc5)cc(C(C)(C)C)cc4-c4ccccc4)c4c([2H])c([2H])c([2H])c(-c5c([2H])c([2H])c([2H])c([2H])c5[2H])c4[2H])cc(C(C)(C)C)c3)c3cccc4oc5ccccc5c34)c1[2H])N2c1c(-c2ccccc2)c([2H])c([2H])c([2H])c1-c1ccccc1. The molecule has 0 fully saturated rings. The van der Waals surface area contributed by atoms with Gasteiger partial charge >= 0.3 is 0 Å². The Morgan fingerprint density at radius 2 is 0.858 bits per heavy atom. The molecule has 0 radical (unpaired) electrons. The lowest BCUT2D eigenvalue weighted by Crippen LogP contribution is -2.20. The number of anilines is 9. The van der Waals surface area contributed by atoms with Crippen LogP contribution in [0.1, 0.15) is 129 Å². The van der Waals surface area contributed by atoms with Crippen LogP contribution >= 0.6 is 0 Å². The molecule has 1 aliphatic heterocycles. The smallest absolute Gasteiger partial charge is 0.137 e. The predicted octanol–water partition coefficient (Wildman–Crippen LogP) is 29.4. The first-order valence-corrected chi connectivity index (χ1v) is 35.6. The highest BCUT2D eigenvalue weighted by atomic mass is 16.5. The summed E-state index contributed by atoms with van der Waals surface area (Å²) in [7, 11) is 0. The number of hydrogen-bond donors (Lipinski definition) is 0. The highest BCUT2D eigenvalue weighted by Crippen LogP contribution is 2.56. The van der Waals surface area contributed by atoms with Gasteiger partial charge in [-0.1, -0.05) is 301 Å². The molecule has 1 aromatic heterocycles. The standard InChI is InChI=1S/C100H89N3O3/c1-97(2,3)72-56-76(60-77(57-72)102(74-44-30-43-71(55-74)66-33-18-13-19-34-66)96-85(69-39-24-16-25-40-69)58-73(98(4,5)6)59-86(96)70-41-26-17-27-42-70)101(89-48-32-50-91-94(89)84-45-28-29-49-90(84)105-91)78-61-79-63-81(62-78)104-80-52-54-88(100(10,11)12)93(65-80)106-92-64-75(51-53-87(92)99(7,8)9)103(79)95-82(67-35-20-14-21-36-67)46-31-47-83(95)68-37-22-15-23-38-68/h13-65H,1-12H3/i13D,18D,19D,30D,31D,33D,34D,43D,44D,46D,47D,52D,53D,54D,55D,61D,62D. The molecule has 1 aliphatic rings. The lowest BCUT2D eigenvalue weighted by molar-refractivity contribution is 0.428. The Morgan fingerprint density at radius 3 is 1.46 bits per heavy atom. The summed E-state index contributed by atoms with van der Waals surface area (Å²) in [5, 5.41) is 1.10. The normalized spacial score (nSPS) is 14.7. The van der Waals surface area contributed by atoms with Gasteiger partial charge in [0.05, 0.1) is 57.1 Å². The summed E-state index contributed by atoms with van der Waals surface area (Å²) in [4.78, 5) is 5.10. The number of benzene rings is 14. The van der Waals surface area contributed by atoms with Crippen molar-refractivity contribution in [3.63, 3.8) is 0 Å². The fraction of sp³-hybridized carbons (Fsp3) is 0.160. The maximum absolute atomic E-state index is 11.8. The molecule has 14 aromatic carbocycles. The summed E-state index contributed by atoms with van der Waals surface area (Å²) in [6.07, 6.45) is 0. The average molecular weight is 1400 g/mol. The van der Waals surface area contributed by atoms with Crippen LogP contribution in [0.15, 0.2) is 326 Å². The van der Waals surface area contributed by atoms with Gasteiger partial charge in [-0.05, 0) is 145 Å². The third-order valence-corrected chi connectivity index (χ3v) is 19.2. The second-order valence-electron chi connectivity index (χ2n) is 30.9. The van der Waals surface area contributed by atoms with Crippen molar-refractivity contribution in [3.05, 3.63) is 343 Å². The largest absolute Gasteiger partial charge is 0.457 e. The van der Waals surface area contributed by atoms with Crippen molar-refractivity contribution in [1.29, 1.82) is 0 Å². The molecule has 6 nitrogen and oxygen atoms in total. The maximum Gasteiger partial charge on any atom is 0.137 e. The molecule has 16 rings (SSSR count). The molecule has 0 saturated carbocycles. The van der Waals surface area contributed by atoms with Gasteiger partial charge in [0.25, 0.3) is 0 Å². The van der Waals surface area contributed by atoms with Crippen molar-refractivity contribution in [2.75, 3.05) is 14.7 Å². The first-order valence-electron chi connectivity index (χ1n) is 44.1. The van der Waals surface area contributed by atoms with Crippen molar-refractivity contribution in [1.82, 2.24) is 0 Å². The molecule has 522 valence electrons. The third-order valence-electron chi connectivity index (χ3n) is 19.2. The predicted molar refractivity (Wildman–Crippen MR) is 446 cm³/mol. The van der Waals surface area contributed by atoms with E-state index in [2.05, 4.69) is 32.9 Å². The fourth-order valence-corrected chi connectivity index (χ4v) is 13.9. The van der Waals surface area contributed by atoms with Gasteiger partial charge in [0.1, 0.15) is 34.2 Å². The topological polar surface area (TPSA) is 41.3 Å². The number of rotatable bonds is 12. The number of ether oxygens (including phenoxy) is 2. The van der Waals surface area contributed by atoms with Crippen LogP contribution in [0.5, 0.6) is 23.0 Å². The van der Waals surface area contributed by atoms with Crippen molar-refractivity contribution >= 4 is 73.1 Å². The third kappa shape index (κ3) is 13.3. The van der Waals surface area contributed by atoms with Gasteiger partial charge in [0.15, 0.2) is 0 Å². The van der Waals surface area contributed by atoms with E-state index in [-0.39, 0.29) is 104 Å². The van der Waals surface area contributed by atoms with Crippen molar-refractivity contribution < 1.29 is 37.2 Å². The highest BCUT2D eigenvalue weighted by Gasteiger charge is 2.34. The average Bonchev–Trinajstić information content (AvgIpc) is 1.17. The first kappa shape index (κ1) is 51.1. The zero-order valence-electron chi connectivity index (χ0n) is 78.4. The monoisotopic (exact) mass is 1400 g/mol. The quantitative estimate of drug-likeness (QED) is 0.121. The van der Waals surface area contributed by atoms with Crippen LogP contribution in [0.2, 0.25) is 0 Å². The van der Waals surface area contributed by atoms with Crippen molar-refractivity contribution in [3.8, 4) is 78.6 Å². The molecule has 0 spiro atoms. The van der Waals surface area contributed by atoms with E-state index in [4.69, 9.17) is 18.0 Å². The van der Waals surface area contributed by atoms with E-state index in [1.807, 2.05) is 184 Å². The van der Waals surface area contributed by atoms with Crippen LogP contribution in [0.4, 0.5) is 51.2 Å². The molecule has 0 amide bonds. The second-order valence-corrected chi connectivity index (χ2v) is 30.9. The lowest BCUT2D eigenvalue weighted by Gasteiger charge is -2.36. The van der Waals surface area contributed by atoms with Gasteiger partial charge in [-0.15, -0.1) is 0 Å². The molecule has 0 saturated heterocycles. The molecule has 0 N–H and O–H groups in total. The van der Waals surface area contributed by atoms with E-state index >= 15 is 0 Å². The van der Waals surface area contributed by atoms with Gasteiger partial charge in [0, 0.05) is 85.8 Å². The Bertz CT molecular complexity index is 6680.